The number of nitro groups is 1. The van der Waals surface area contributed by atoms with Gasteiger partial charge in [0.2, 0.25) is 0 Å². The Hall–Kier alpha value is -1.62. The third kappa shape index (κ3) is 2.93. The predicted molar refractivity (Wildman–Crippen MR) is 79.1 cm³/mol. The molecule has 0 aromatic heterocycles. The van der Waals surface area contributed by atoms with Gasteiger partial charge in [0.05, 0.1) is 22.2 Å². The van der Waals surface area contributed by atoms with Crippen LogP contribution < -0.4 is 5.32 Å². The molecule has 1 aromatic carbocycles. The molecule has 1 aliphatic rings. The minimum Gasteiger partial charge on any atom is -0.379 e. The van der Waals surface area contributed by atoms with Crippen LogP contribution >= 0.6 is 0 Å². The highest BCUT2D eigenvalue weighted by molar-refractivity contribution is 5.56. The first-order chi connectivity index (χ1) is 9.11. The topological polar surface area (TPSA) is 64.4 Å². The van der Waals surface area contributed by atoms with Gasteiger partial charge in [0.25, 0.3) is 5.69 Å². The van der Waals surface area contributed by atoms with Crippen LogP contribution in [0.5, 0.6) is 0 Å². The Kier molecular flexibility index (Phi) is 3.50. The molecule has 0 bridgehead atoms. The number of benzene rings is 1. The van der Waals surface area contributed by atoms with Crippen LogP contribution in [0.25, 0.3) is 0 Å². The SMILES string of the molecule is Cc1cc([N+](=O)[O-])ccc1NC1CC(C)(C)OC1(C)C. The molecule has 1 saturated heterocycles. The van der Waals surface area contributed by atoms with Crippen molar-refractivity contribution in [1.82, 2.24) is 0 Å². The summed E-state index contributed by atoms with van der Waals surface area (Å²) >= 11 is 0. The van der Waals surface area contributed by atoms with Gasteiger partial charge in [-0.1, -0.05) is 0 Å². The smallest absolute Gasteiger partial charge is 0.269 e. The van der Waals surface area contributed by atoms with Crippen LogP contribution in [-0.4, -0.2) is 22.2 Å². The van der Waals surface area contributed by atoms with Crippen molar-refractivity contribution in [3.05, 3.63) is 33.9 Å². The summed E-state index contributed by atoms with van der Waals surface area (Å²) in [6.07, 6.45) is 0.899. The van der Waals surface area contributed by atoms with E-state index in [4.69, 9.17) is 4.74 Å². The number of non-ortho nitro benzene ring substituents is 1. The summed E-state index contributed by atoms with van der Waals surface area (Å²) in [5.74, 6) is 0. The van der Waals surface area contributed by atoms with Gasteiger partial charge in [0.1, 0.15) is 0 Å². The molecule has 0 amide bonds. The summed E-state index contributed by atoms with van der Waals surface area (Å²) in [5, 5.41) is 14.2. The van der Waals surface area contributed by atoms with Crippen molar-refractivity contribution in [3.8, 4) is 0 Å². The quantitative estimate of drug-likeness (QED) is 0.677. The minimum absolute atomic E-state index is 0.121. The predicted octanol–water partition coefficient (Wildman–Crippen LogP) is 3.66. The zero-order valence-corrected chi connectivity index (χ0v) is 12.7. The van der Waals surface area contributed by atoms with E-state index in [2.05, 4.69) is 33.0 Å². The highest BCUT2D eigenvalue weighted by atomic mass is 16.6. The van der Waals surface area contributed by atoms with Gasteiger partial charge >= 0.3 is 0 Å². The second kappa shape index (κ2) is 4.74. The minimum atomic E-state index is -0.373. The third-order valence-electron chi connectivity index (χ3n) is 3.82. The highest BCUT2D eigenvalue weighted by Crippen LogP contribution is 2.39. The second-order valence-electron chi connectivity index (χ2n) is 6.62. The molecule has 1 aromatic rings. The molecule has 1 N–H and O–H groups in total. The van der Waals surface area contributed by atoms with E-state index in [1.54, 1.807) is 12.1 Å². The Balaban J connectivity index is 2.21. The van der Waals surface area contributed by atoms with Crippen molar-refractivity contribution in [1.29, 1.82) is 0 Å². The van der Waals surface area contributed by atoms with Crippen molar-refractivity contribution in [3.63, 3.8) is 0 Å². The standard InChI is InChI=1S/C15H22N2O3/c1-10-8-11(17(18)19)6-7-12(10)16-13-9-14(2,3)20-15(13,4)5/h6-8,13,16H,9H2,1-5H3. The first kappa shape index (κ1) is 14.8. The van der Waals surface area contributed by atoms with Crippen LogP contribution in [0.15, 0.2) is 18.2 Å². The normalized spacial score (nSPS) is 23.6. The van der Waals surface area contributed by atoms with E-state index in [0.717, 1.165) is 17.7 Å². The van der Waals surface area contributed by atoms with Crippen LogP contribution in [0, 0.1) is 17.0 Å². The molecule has 20 heavy (non-hydrogen) atoms. The Morgan fingerprint density at radius 3 is 2.45 bits per heavy atom. The lowest BCUT2D eigenvalue weighted by atomic mass is 9.94. The number of nitrogens with zero attached hydrogens (tertiary/aromatic N) is 1. The molecule has 0 radical (unpaired) electrons. The van der Waals surface area contributed by atoms with Gasteiger partial charge in [0, 0.05) is 17.8 Å². The van der Waals surface area contributed by atoms with Gasteiger partial charge in [-0.15, -0.1) is 0 Å². The zero-order chi connectivity index (χ0) is 15.1. The highest BCUT2D eigenvalue weighted by Gasteiger charge is 2.45. The van der Waals surface area contributed by atoms with Crippen molar-refractivity contribution in [2.75, 3.05) is 5.32 Å². The summed E-state index contributed by atoms with van der Waals surface area (Å²) in [7, 11) is 0. The van der Waals surface area contributed by atoms with Crippen LogP contribution in [0.2, 0.25) is 0 Å². The van der Waals surface area contributed by atoms with E-state index in [1.807, 2.05) is 6.92 Å². The van der Waals surface area contributed by atoms with Crippen molar-refractivity contribution < 1.29 is 9.66 Å². The maximum atomic E-state index is 10.8. The lowest BCUT2D eigenvalue weighted by Gasteiger charge is -2.28. The Labute approximate surface area is 119 Å². The van der Waals surface area contributed by atoms with Crippen LogP contribution in [0.3, 0.4) is 0 Å². The molecule has 0 saturated carbocycles. The average Bonchev–Trinajstić information content (AvgIpc) is 2.49. The molecule has 110 valence electrons. The van der Waals surface area contributed by atoms with E-state index in [1.165, 1.54) is 6.07 Å². The first-order valence-corrected chi connectivity index (χ1v) is 6.82. The Morgan fingerprint density at radius 2 is 2.00 bits per heavy atom. The van der Waals surface area contributed by atoms with Gasteiger partial charge in [-0.3, -0.25) is 10.1 Å². The van der Waals surface area contributed by atoms with Crippen LogP contribution in [0.1, 0.15) is 39.7 Å². The van der Waals surface area contributed by atoms with Gasteiger partial charge in [-0.25, -0.2) is 0 Å². The summed E-state index contributed by atoms with van der Waals surface area (Å²) in [5.41, 5.74) is 1.50. The van der Waals surface area contributed by atoms with Crippen molar-refractivity contribution in [2.45, 2.75) is 58.3 Å². The number of nitro benzene ring substituents is 1. The van der Waals surface area contributed by atoms with Crippen LogP contribution in [0.4, 0.5) is 11.4 Å². The summed E-state index contributed by atoms with van der Waals surface area (Å²) < 4.78 is 6.05. The van der Waals surface area contributed by atoms with Gasteiger partial charge < -0.3 is 10.1 Å². The molecule has 1 heterocycles. The van der Waals surface area contributed by atoms with E-state index < -0.39 is 0 Å². The number of hydrogen-bond donors (Lipinski definition) is 1. The molecule has 0 spiro atoms. The Bertz CT molecular complexity index is 538. The summed E-state index contributed by atoms with van der Waals surface area (Å²) in [4.78, 5) is 10.4. The van der Waals surface area contributed by atoms with Gasteiger partial charge in [-0.05, 0) is 52.7 Å². The number of aryl methyl sites for hydroxylation is 1. The molecule has 5 heteroatoms. The van der Waals surface area contributed by atoms with E-state index >= 15 is 0 Å². The molecule has 2 rings (SSSR count). The van der Waals surface area contributed by atoms with E-state index in [9.17, 15) is 10.1 Å². The number of anilines is 1. The molecule has 5 nitrogen and oxygen atoms in total. The largest absolute Gasteiger partial charge is 0.379 e. The molecule has 1 unspecified atom stereocenters. The molecule has 0 aliphatic carbocycles. The number of hydrogen-bond acceptors (Lipinski definition) is 4. The lowest BCUT2D eigenvalue weighted by molar-refractivity contribution is -0.384. The third-order valence-corrected chi connectivity index (χ3v) is 3.82. The zero-order valence-electron chi connectivity index (χ0n) is 12.7. The number of nitrogens with one attached hydrogen (secondary N) is 1. The Morgan fingerprint density at radius 1 is 1.35 bits per heavy atom. The second-order valence-corrected chi connectivity index (χ2v) is 6.62. The van der Waals surface area contributed by atoms with Crippen molar-refractivity contribution in [2.24, 2.45) is 0 Å². The average molecular weight is 278 g/mol. The van der Waals surface area contributed by atoms with Gasteiger partial charge in [0.15, 0.2) is 0 Å². The summed E-state index contributed by atoms with van der Waals surface area (Å²) in [6.45, 7) is 10.2. The summed E-state index contributed by atoms with van der Waals surface area (Å²) in [6, 6.07) is 5.08. The van der Waals surface area contributed by atoms with Crippen molar-refractivity contribution >= 4 is 11.4 Å². The maximum Gasteiger partial charge on any atom is 0.269 e. The number of rotatable bonds is 3. The molecular formula is C15H22N2O3. The molecule has 1 aliphatic heterocycles. The fourth-order valence-corrected chi connectivity index (χ4v) is 2.90. The molecule has 1 atom stereocenters. The fraction of sp³-hybridized carbons (Fsp3) is 0.600. The molecular weight excluding hydrogens is 256 g/mol. The molecule has 1 fully saturated rings. The first-order valence-electron chi connectivity index (χ1n) is 6.82. The van der Waals surface area contributed by atoms with Gasteiger partial charge in [-0.2, -0.15) is 0 Å². The van der Waals surface area contributed by atoms with Crippen LogP contribution in [-0.2, 0) is 4.74 Å². The monoisotopic (exact) mass is 278 g/mol. The van der Waals surface area contributed by atoms with E-state index in [-0.39, 0.29) is 27.9 Å². The number of ether oxygens (including phenoxy) is 1. The lowest BCUT2D eigenvalue weighted by Crippen LogP contribution is -2.38. The fourth-order valence-electron chi connectivity index (χ4n) is 2.90. The van der Waals surface area contributed by atoms with E-state index in [0.29, 0.717) is 0 Å². The maximum absolute atomic E-state index is 10.8.